The minimum Gasteiger partial charge on any atom is -0.278 e. The maximum absolute atomic E-state index is 14.7. The van der Waals surface area contributed by atoms with Gasteiger partial charge in [0.05, 0.1) is 5.39 Å². The Labute approximate surface area is 143 Å². The van der Waals surface area contributed by atoms with Crippen LogP contribution >= 0.6 is 0 Å². The van der Waals surface area contributed by atoms with Crippen molar-refractivity contribution in [3.63, 3.8) is 0 Å². The summed E-state index contributed by atoms with van der Waals surface area (Å²) in [6.07, 6.45) is -5.27. The first-order valence-electron chi connectivity index (χ1n) is 7.61. The molecule has 2 aromatic rings. The van der Waals surface area contributed by atoms with Crippen LogP contribution in [0.25, 0.3) is 10.9 Å². The minimum atomic E-state index is -5.09. The molecule has 1 aliphatic rings. The third-order valence-electron chi connectivity index (χ3n) is 4.00. The number of benzene rings is 1. The molecule has 1 N–H and O–H groups in total. The number of nitrogens with zero attached hydrogens (tertiary/aromatic N) is 3. The number of hydrogen-bond donors (Lipinski definition) is 1. The van der Waals surface area contributed by atoms with E-state index in [1.807, 2.05) is 5.32 Å². The average molecular weight is 376 g/mol. The third kappa shape index (κ3) is 2.76. The molecule has 3 amide bonds. The van der Waals surface area contributed by atoms with Crippen LogP contribution in [0.3, 0.4) is 0 Å². The van der Waals surface area contributed by atoms with Gasteiger partial charge in [-0.2, -0.15) is 4.68 Å². The van der Waals surface area contributed by atoms with E-state index in [1.54, 1.807) is 0 Å². The van der Waals surface area contributed by atoms with Gasteiger partial charge in [-0.1, -0.05) is 13.8 Å². The first kappa shape index (κ1) is 18.1. The molecule has 6 nitrogen and oxygen atoms in total. The summed E-state index contributed by atoms with van der Waals surface area (Å²) in [5.41, 5.74) is -1.48. The van der Waals surface area contributed by atoms with Gasteiger partial charge in [-0.25, -0.2) is 13.6 Å². The van der Waals surface area contributed by atoms with Gasteiger partial charge in [-0.15, -0.1) is 18.3 Å². The first-order chi connectivity index (χ1) is 12.0. The predicted molar refractivity (Wildman–Crippen MR) is 80.5 cm³/mol. The number of fused-ring (bicyclic) bond motifs is 1. The van der Waals surface area contributed by atoms with Gasteiger partial charge in [-0.3, -0.25) is 15.0 Å². The Morgan fingerprint density at radius 1 is 1.23 bits per heavy atom. The number of carbonyl (C=O) groups is 2. The second kappa shape index (κ2) is 5.92. The zero-order valence-electron chi connectivity index (χ0n) is 13.6. The highest BCUT2D eigenvalue weighted by molar-refractivity contribution is 6.09. The molecule has 1 aromatic heterocycles. The number of amides is 3. The van der Waals surface area contributed by atoms with Crippen LogP contribution in [0, 0.1) is 11.6 Å². The van der Waals surface area contributed by atoms with E-state index in [2.05, 4.69) is 5.10 Å². The van der Waals surface area contributed by atoms with Crippen molar-refractivity contribution in [3.8, 4) is 0 Å². The molecule has 0 saturated carbocycles. The predicted octanol–water partition coefficient (Wildman–Crippen LogP) is 3.36. The van der Waals surface area contributed by atoms with Gasteiger partial charge in [-0.05, 0) is 12.0 Å². The first-order valence-corrected chi connectivity index (χ1v) is 7.61. The van der Waals surface area contributed by atoms with Gasteiger partial charge < -0.3 is 0 Å². The van der Waals surface area contributed by atoms with Crippen molar-refractivity contribution in [2.75, 3.05) is 11.4 Å². The standard InChI is InChI=1S/C15H13F5N4O2/c1-6(2)10-8(16)5-7-12(11(10)17)24(15(18,19)20)22-13(7)23-4-3-9(25)21-14(23)26/h5-6H,3-4H2,1-2H3,(H,21,25,26). The minimum absolute atomic E-state index is 0.179. The molecule has 1 saturated heterocycles. The SMILES string of the molecule is CC(C)c1c(F)cc2c(N3CCC(=O)NC3=O)nn(C(F)(F)F)c2c1F. The van der Waals surface area contributed by atoms with E-state index in [4.69, 9.17) is 0 Å². The molecule has 0 atom stereocenters. The van der Waals surface area contributed by atoms with E-state index in [0.717, 1.165) is 11.0 Å². The number of hydrogen-bond acceptors (Lipinski definition) is 3. The molecule has 0 radical (unpaired) electrons. The van der Waals surface area contributed by atoms with Crippen LogP contribution in [-0.4, -0.2) is 28.3 Å². The molecule has 3 rings (SSSR count). The zero-order chi connectivity index (χ0) is 19.4. The quantitative estimate of drug-likeness (QED) is 0.818. The van der Waals surface area contributed by atoms with Crippen molar-refractivity contribution in [1.29, 1.82) is 0 Å². The highest BCUT2D eigenvalue weighted by Crippen LogP contribution is 2.38. The van der Waals surface area contributed by atoms with Crippen molar-refractivity contribution in [1.82, 2.24) is 15.1 Å². The Bertz CT molecular complexity index is 919. The third-order valence-corrected chi connectivity index (χ3v) is 4.00. The Morgan fingerprint density at radius 3 is 2.42 bits per heavy atom. The van der Waals surface area contributed by atoms with Crippen LogP contribution in [0.2, 0.25) is 0 Å². The molecule has 1 aliphatic heterocycles. The number of anilines is 1. The lowest BCUT2D eigenvalue weighted by atomic mass is 10.00. The van der Waals surface area contributed by atoms with Crippen LogP contribution < -0.4 is 10.2 Å². The van der Waals surface area contributed by atoms with E-state index in [-0.39, 0.29) is 13.0 Å². The summed E-state index contributed by atoms with van der Waals surface area (Å²) >= 11 is 0. The largest absolute Gasteiger partial charge is 0.505 e. The highest BCUT2D eigenvalue weighted by atomic mass is 19.4. The van der Waals surface area contributed by atoms with Gasteiger partial charge in [0.15, 0.2) is 11.6 Å². The fraction of sp³-hybridized carbons (Fsp3) is 0.400. The molecular formula is C15H13F5N4O2. The Hall–Kier alpha value is -2.72. The van der Waals surface area contributed by atoms with Gasteiger partial charge in [0.2, 0.25) is 5.91 Å². The van der Waals surface area contributed by atoms with Crippen LogP contribution in [0.1, 0.15) is 31.7 Å². The van der Waals surface area contributed by atoms with E-state index < -0.39 is 62.8 Å². The second-order valence-corrected chi connectivity index (χ2v) is 6.10. The van der Waals surface area contributed by atoms with Gasteiger partial charge >= 0.3 is 12.3 Å². The number of urea groups is 1. The number of alkyl halides is 3. The lowest BCUT2D eigenvalue weighted by Gasteiger charge is -2.24. The highest BCUT2D eigenvalue weighted by Gasteiger charge is 2.39. The Balaban J connectivity index is 2.32. The van der Waals surface area contributed by atoms with E-state index in [0.29, 0.717) is 0 Å². The normalized spacial score (nSPS) is 15.9. The summed E-state index contributed by atoms with van der Waals surface area (Å²) in [5.74, 6) is -4.32. The summed E-state index contributed by atoms with van der Waals surface area (Å²) in [7, 11) is 0. The van der Waals surface area contributed by atoms with Crippen LogP contribution in [0.15, 0.2) is 6.07 Å². The molecule has 0 unspecified atom stereocenters. The van der Waals surface area contributed by atoms with E-state index in [1.165, 1.54) is 13.8 Å². The molecular weight excluding hydrogens is 363 g/mol. The number of carbonyl (C=O) groups excluding carboxylic acids is 2. The summed E-state index contributed by atoms with van der Waals surface area (Å²) in [6.45, 7) is 2.61. The number of imide groups is 1. The maximum Gasteiger partial charge on any atom is 0.505 e. The van der Waals surface area contributed by atoms with Gasteiger partial charge in [0.1, 0.15) is 11.3 Å². The van der Waals surface area contributed by atoms with E-state index in [9.17, 15) is 31.5 Å². The second-order valence-electron chi connectivity index (χ2n) is 6.10. The molecule has 2 heterocycles. The Kier molecular flexibility index (Phi) is 4.12. The van der Waals surface area contributed by atoms with Crippen LogP contribution in [-0.2, 0) is 11.1 Å². The van der Waals surface area contributed by atoms with Crippen LogP contribution in [0.5, 0.6) is 0 Å². The Morgan fingerprint density at radius 2 is 1.88 bits per heavy atom. The number of halogens is 5. The van der Waals surface area contributed by atoms with E-state index >= 15 is 0 Å². The molecule has 0 aliphatic carbocycles. The molecule has 140 valence electrons. The van der Waals surface area contributed by atoms with Crippen LogP contribution in [0.4, 0.5) is 32.6 Å². The zero-order valence-corrected chi connectivity index (χ0v) is 13.6. The van der Waals surface area contributed by atoms with Gasteiger partial charge in [0.25, 0.3) is 0 Å². The number of nitrogens with one attached hydrogen (secondary N) is 1. The monoisotopic (exact) mass is 376 g/mol. The molecule has 1 aromatic carbocycles. The topological polar surface area (TPSA) is 67.2 Å². The maximum atomic E-state index is 14.7. The molecule has 11 heteroatoms. The van der Waals surface area contributed by atoms with Crippen molar-refractivity contribution in [2.24, 2.45) is 0 Å². The summed E-state index contributed by atoms with van der Waals surface area (Å²) in [5, 5.41) is 4.72. The van der Waals surface area contributed by atoms with Gasteiger partial charge in [0, 0.05) is 18.5 Å². The lowest BCUT2D eigenvalue weighted by molar-refractivity contribution is -0.209. The lowest BCUT2D eigenvalue weighted by Crippen LogP contribution is -2.49. The molecule has 26 heavy (non-hydrogen) atoms. The van der Waals surface area contributed by atoms with Crippen molar-refractivity contribution < 1.29 is 31.5 Å². The fourth-order valence-electron chi connectivity index (χ4n) is 2.88. The smallest absolute Gasteiger partial charge is 0.278 e. The average Bonchev–Trinajstić information content (AvgIpc) is 2.86. The molecule has 1 fully saturated rings. The molecule has 0 spiro atoms. The van der Waals surface area contributed by atoms with Crippen molar-refractivity contribution in [3.05, 3.63) is 23.3 Å². The summed E-state index contributed by atoms with van der Waals surface area (Å²) in [6, 6.07) is -0.286. The summed E-state index contributed by atoms with van der Waals surface area (Å²) < 4.78 is 68.5. The fourth-order valence-corrected chi connectivity index (χ4v) is 2.88. The number of aromatic nitrogens is 2. The van der Waals surface area contributed by atoms with Crippen molar-refractivity contribution in [2.45, 2.75) is 32.5 Å². The molecule has 0 bridgehead atoms. The van der Waals surface area contributed by atoms with Crippen molar-refractivity contribution >= 4 is 28.7 Å². The summed E-state index contributed by atoms with van der Waals surface area (Å²) in [4.78, 5) is 23.9. The number of rotatable bonds is 2.